The Bertz CT molecular complexity index is 1330. The highest BCUT2D eigenvalue weighted by Crippen LogP contribution is 2.32. The van der Waals surface area contributed by atoms with Crippen molar-refractivity contribution in [3.8, 4) is 0 Å². The molecule has 0 aliphatic heterocycles. The lowest BCUT2D eigenvalue weighted by atomic mass is 10.0. The third-order valence-corrected chi connectivity index (χ3v) is 5.57. The first-order valence-electron chi connectivity index (χ1n) is 9.18. The molecule has 0 fully saturated rings. The average Bonchev–Trinajstić information content (AvgIpc) is 2.95. The second-order valence-corrected chi connectivity index (χ2v) is 7.46. The summed E-state index contributed by atoms with van der Waals surface area (Å²) in [5, 5.41) is 3.78. The summed E-state index contributed by atoms with van der Waals surface area (Å²) in [6, 6.07) is 17.4. The van der Waals surface area contributed by atoms with Crippen LogP contribution in [0.5, 0.6) is 0 Å². The van der Waals surface area contributed by atoms with Gasteiger partial charge in [-0.3, -0.25) is 4.57 Å². The van der Waals surface area contributed by atoms with Gasteiger partial charge in [0.05, 0.1) is 17.8 Å². The van der Waals surface area contributed by atoms with Crippen LogP contribution in [0.25, 0.3) is 38.5 Å². The summed E-state index contributed by atoms with van der Waals surface area (Å²) >= 11 is 0. The summed E-state index contributed by atoms with van der Waals surface area (Å²) in [4.78, 5) is 4.80. The first-order valence-corrected chi connectivity index (χ1v) is 9.18. The van der Waals surface area contributed by atoms with Crippen LogP contribution in [0.15, 0.2) is 54.7 Å². The van der Waals surface area contributed by atoms with Crippen molar-refractivity contribution < 1.29 is 4.40 Å². The predicted molar refractivity (Wildman–Crippen MR) is 108 cm³/mol. The molecule has 0 bridgehead atoms. The Morgan fingerprint density at radius 3 is 2.54 bits per heavy atom. The van der Waals surface area contributed by atoms with E-state index in [2.05, 4.69) is 79.3 Å². The highest BCUT2D eigenvalue weighted by atomic mass is 15.1. The molecule has 128 valence electrons. The average molecular weight is 340 g/mol. The molecule has 0 aliphatic rings. The van der Waals surface area contributed by atoms with E-state index < -0.39 is 0 Å². The Kier molecular flexibility index (Phi) is 3.11. The molecule has 2 aromatic carbocycles. The molecule has 0 saturated carbocycles. The molecule has 0 N–H and O–H groups in total. The van der Waals surface area contributed by atoms with E-state index in [9.17, 15) is 0 Å². The van der Waals surface area contributed by atoms with Crippen LogP contribution in [0.2, 0.25) is 0 Å². The van der Waals surface area contributed by atoms with E-state index >= 15 is 0 Å². The van der Waals surface area contributed by atoms with Crippen LogP contribution in [-0.2, 0) is 7.05 Å². The Labute approximate surface area is 152 Å². The molecule has 3 nitrogen and oxygen atoms in total. The molecular formula is C23H22N3+. The number of rotatable bonds is 1. The standard InChI is InChI=1S/C23H22N3/c1-14(2)16-9-6-12-19-21(16)26-22-18(11-7-13-24-22)17-10-5-8-15(3)20(17)23(26)25(19)4/h5-14H,1-4H3/q+1. The SMILES string of the molecule is Cc1cccc2c3cccnc3[n+]3c4c(C(C)C)cccc4n(C)c3c12. The molecular weight excluding hydrogens is 318 g/mol. The zero-order valence-electron chi connectivity index (χ0n) is 15.6. The van der Waals surface area contributed by atoms with Crippen LogP contribution in [0.1, 0.15) is 30.9 Å². The largest absolute Gasteiger partial charge is 0.275 e. The van der Waals surface area contributed by atoms with Crippen molar-refractivity contribution in [3.05, 3.63) is 65.9 Å². The van der Waals surface area contributed by atoms with E-state index in [4.69, 9.17) is 4.98 Å². The maximum atomic E-state index is 4.80. The molecule has 0 unspecified atom stereocenters. The van der Waals surface area contributed by atoms with Gasteiger partial charge < -0.3 is 0 Å². The van der Waals surface area contributed by atoms with E-state index in [0.29, 0.717) is 5.92 Å². The summed E-state index contributed by atoms with van der Waals surface area (Å²) < 4.78 is 4.69. The molecule has 0 saturated heterocycles. The minimum atomic E-state index is 0.447. The lowest BCUT2D eigenvalue weighted by Gasteiger charge is -2.08. The first kappa shape index (κ1) is 15.3. The zero-order valence-corrected chi connectivity index (χ0v) is 15.6. The molecule has 0 amide bonds. The summed E-state index contributed by atoms with van der Waals surface area (Å²) in [6.45, 7) is 6.72. The Morgan fingerprint density at radius 1 is 0.962 bits per heavy atom. The van der Waals surface area contributed by atoms with Crippen molar-refractivity contribution in [2.75, 3.05) is 0 Å². The van der Waals surface area contributed by atoms with E-state index in [-0.39, 0.29) is 0 Å². The van der Waals surface area contributed by atoms with Crippen LogP contribution in [0.4, 0.5) is 0 Å². The minimum absolute atomic E-state index is 0.447. The van der Waals surface area contributed by atoms with Gasteiger partial charge in [0.15, 0.2) is 0 Å². The fourth-order valence-corrected chi connectivity index (χ4v) is 4.36. The number of nitrogens with zero attached hydrogens (tertiary/aromatic N) is 3. The monoisotopic (exact) mass is 340 g/mol. The van der Waals surface area contributed by atoms with Crippen molar-refractivity contribution in [2.45, 2.75) is 26.7 Å². The number of hydrogen-bond donors (Lipinski definition) is 0. The maximum Gasteiger partial charge on any atom is 0.275 e. The van der Waals surface area contributed by atoms with Crippen LogP contribution < -0.4 is 4.40 Å². The van der Waals surface area contributed by atoms with E-state index in [1.54, 1.807) is 0 Å². The zero-order chi connectivity index (χ0) is 18.0. The molecule has 0 atom stereocenters. The number of fused-ring (bicyclic) bond motifs is 8. The number of aromatic nitrogens is 3. The third-order valence-electron chi connectivity index (χ3n) is 5.57. The fraction of sp³-hybridized carbons (Fsp3) is 0.217. The number of para-hydroxylation sites is 1. The maximum absolute atomic E-state index is 4.80. The molecule has 3 heteroatoms. The topological polar surface area (TPSA) is 21.9 Å². The van der Waals surface area contributed by atoms with Crippen LogP contribution in [0, 0.1) is 6.92 Å². The second-order valence-electron chi connectivity index (χ2n) is 7.46. The lowest BCUT2D eigenvalue weighted by molar-refractivity contribution is -0.452. The van der Waals surface area contributed by atoms with Gasteiger partial charge in [0.1, 0.15) is 17.2 Å². The van der Waals surface area contributed by atoms with E-state index in [0.717, 1.165) is 5.65 Å². The van der Waals surface area contributed by atoms with Gasteiger partial charge in [0.2, 0.25) is 5.65 Å². The number of aryl methyl sites for hydroxylation is 2. The van der Waals surface area contributed by atoms with E-state index in [1.165, 1.54) is 44.0 Å². The Morgan fingerprint density at radius 2 is 1.73 bits per heavy atom. The van der Waals surface area contributed by atoms with Crippen LogP contribution >= 0.6 is 0 Å². The quantitative estimate of drug-likeness (QED) is 0.309. The van der Waals surface area contributed by atoms with Gasteiger partial charge in [-0.05, 0) is 42.2 Å². The second kappa shape index (κ2) is 5.28. The fourth-order valence-electron chi connectivity index (χ4n) is 4.36. The highest BCUT2D eigenvalue weighted by molar-refractivity contribution is 6.10. The Balaban J connectivity index is 2.25. The molecule has 3 aromatic heterocycles. The first-order chi connectivity index (χ1) is 12.6. The number of imidazole rings is 1. The summed E-state index contributed by atoms with van der Waals surface area (Å²) in [5.41, 5.74) is 7.42. The van der Waals surface area contributed by atoms with Crippen LogP contribution in [0.3, 0.4) is 0 Å². The van der Waals surface area contributed by atoms with Gasteiger partial charge in [-0.25, -0.2) is 0 Å². The van der Waals surface area contributed by atoms with Crippen molar-refractivity contribution in [1.82, 2.24) is 9.55 Å². The summed E-state index contributed by atoms with van der Waals surface area (Å²) in [6.07, 6.45) is 1.90. The van der Waals surface area contributed by atoms with E-state index in [1.807, 2.05) is 12.3 Å². The van der Waals surface area contributed by atoms with Gasteiger partial charge in [-0.1, -0.05) is 44.2 Å². The number of hydrogen-bond acceptors (Lipinski definition) is 1. The predicted octanol–water partition coefficient (Wildman–Crippen LogP) is 5.05. The van der Waals surface area contributed by atoms with Crippen molar-refractivity contribution in [1.29, 1.82) is 0 Å². The Hall–Kier alpha value is -2.94. The smallest absolute Gasteiger partial charge is 0.258 e. The third kappa shape index (κ3) is 1.83. The van der Waals surface area contributed by atoms with Gasteiger partial charge in [-0.2, -0.15) is 4.40 Å². The summed E-state index contributed by atoms with van der Waals surface area (Å²) in [7, 11) is 2.17. The molecule has 0 radical (unpaired) electrons. The van der Waals surface area contributed by atoms with Crippen molar-refractivity contribution in [2.24, 2.45) is 7.05 Å². The number of benzene rings is 2. The van der Waals surface area contributed by atoms with Crippen molar-refractivity contribution in [3.63, 3.8) is 0 Å². The van der Waals surface area contributed by atoms with Gasteiger partial charge in [-0.15, -0.1) is 4.98 Å². The lowest BCUT2D eigenvalue weighted by Crippen LogP contribution is -2.25. The van der Waals surface area contributed by atoms with Gasteiger partial charge >= 0.3 is 0 Å². The van der Waals surface area contributed by atoms with Gasteiger partial charge in [0.25, 0.3) is 5.65 Å². The molecule has 5 rings (SSSR count). The van der Waals surface area contributed by atoms with Crippen molar-refractivity contribution >= 4 is 38.5 Å². The van der Waals surface area contributed by atoms with Crippen LogP contribution in [-0.4, -0.2) is 9.55 Å². The molecule has 0 spiro atoms. The van der Waals surface area contributed by atoms with Gasteiger partial charge in [0, 0.05) is 5.39 Å². The minimum Gasteiger partial charge on any atom is -0.258 e. The highest BCUT2D eigenvalue weighted by Gasteiger charge is 2.25. The number of pyridine rings is 2. The normalized spacial score (nSPS) is 12.2. The molecule has 5 aromatic rings. The molecule has 26 heavy (non-hydrogen) atoms. The molecule has 0 aliphatic carbocycles. The molecule has 3 heterocycles. The summed E-state index contributed by atoms with van der Waals surface area (Å²) in [5.74, 6) is 0.447.